The van der Waals surface area contributed by atoms with Crippen molar-refractivity contribution in [1.82, 2.24) is 0 Å². The normalized spacial score (nSPS) is 15.8. The predicted molar refractivity (Wildman–Crippen MR) is 55.5 cm³/mol. The molecule has 2 nitrogen and oxygen atoms in total. The number of methoxy groups -OCH3 is 1. The van der Waals surface area contributed by atoms with E-state index in [1.54, 1.807) is 0 Å². The number of ether oxygens (including phenoxy) is 1. The van der Waals surface area contributed by atoms with Crippen molar-refractivity contribution in [2.75, 3.05) is 7.11 Å². The van der Waals surface area contributed by atoms with Gasteiger partial charge in [-0.2, -0.15) is 0 Å². The first kappa shape index (κ1) is 10.3. The van der Waals surface area contributed by atoms with Crippen molar-refractivity contribution in [2.45, 2.75) is 12.8 Å². The number of hydrogen-bond acceptors (Lipinski definition) is 2. The molecular weight excluding hydrogens is 232 g/mol. The first-order valence-corrected chi connectivity index (χ1v) is 4.81. The van der Waals surface area contributed by atoms with E-state index in [1.807, 2.05) is 24.3 Å². The van der Waals surface area contributed by atoms with Crippen LogP contribution in [-0.4, -0.2) is 13.1 Å². The molecule has 0 saturated carbocycles. The lowest BCUT2D eigenvalue weighted by atomic mass is 10.1. The highest BCUT2D eigenvalue weighted by Gasteiger charge is 2.04. The summed E-state index contributed by atoms with van der Waals surface area (Å²) in [7, 11) is 1.40. The molecule has 1 aliphatic rings. The summed E-state index contributed by atoms with van der Waals surface area (Å²) < 4.78 is 5.59. The highest BCUT2D eigenvalue weighted by atomic mass is 79.9. The van der Waals surface area contributed by atoms with E-state index in [9.17, 15) is 4.79 Å². The van der Waals surface area contributed by atoms with E-state index >= 15 is 0 Å². The molecule has 3 heteroatoms. The largest absolute Gasteiger partial charge is 0.469 e. The molecule has 0 radical (unpaired) electrons. The maximum Gasteiger partial charge on any atom is 0.309 e. The van der Waals surface area contributed by atoms with Crippen molar-refractivity contribution in [3.05, 3.63) is 34.4 Å². The molecular formula is C10H11BrO2. The van der Waals surface area contributed by atoms with Gasteiger partial charge in [-0.15, -0.1) is 0 Å². The molecule has 0 amide bonds. The van der Waals surface area contributed by atoms with Gasteiger partial charge in [0.25, 0.3) is 0 Å². The first-order valence-electron chi connectivity index (χ1n) is 4.02. The Hall–Kier alpha value is -0.830. The smallest absolute Gasteiger partial charge is 0.309 e. The number of hydrogen-bond donors (Lipinski definition) is 0. The number of carbonyl (C=O) groups excluding carboxylic acids is 1. The summed E-state index contributed by atoms with van der Waals surface area (Å²) in [4.78, 5) is 11.0. The Balaban J connectivity index is 2.67. The van der Waals surface area contributed by atoms with E-state index in [1.165, 1.54) is 7.11 Å². The maximum atomic E-state index is 11.0. The molecule has 0 unspecified atom stereocenters. The summed E-state index contributed by atoms with van der Waals surface area (Å²) in [5.74, 6) is -0.210. The number of halogens is 1. The zero-order valence-electron chi connectivity index (χ0n) is 7.42. The van der Waals surface area contributed by atoms with Crippen LogP contribution in [0.25, 0.3) is 0 Å². The second kappa shape index (κ2) is 5.02. The summed E-state index contributed by atoms with van der Waals surface area (Å²) in [6.45, 7) is 0. The minimum atomic E-state index is -0.210. The molecule has 0 aromatic rings. The van der Waals surface area contributed by atoms with E-state index in [4.69, 9.17) is 0 Å². The minimum absolute atomic E-state index is 0.210. The van der Waals surface area contributed by atoms with E-state index < -0.39 is 0 Å². The summed E-state index contributed by atoms with van der Waals surface area (Å²) >= 11 is 3.38. The first-order chi connectivity index (χ1) is 6.22. The van der Waals surface area contributed by atoms with Crippen molar-refractivity contribution in [3.63, 3.8) is 0 Å². The van der Waals surface area contributed by atoms with Crippen LogP contribution in [0.2, 0.25) is 0 Å². The third-order valence-electron chi connectivity index (χ3n) is 1.68. The Morgan fingerprint density at radius 1 is 1.69 bits per heavy atom. The standard InChI is InChI=1S/C10H11BrO2/c1-13-10(12)7-8-4-2-3-5-9(11)6-8/h2,4-6H,3,7H2,1H3. The van der Waals surface area contributed by atoms with E-state index in [0.717, 1.165) is 16.5 Å². The third-order valence-corrected chi connectivity index (χ3v) is 2.23. The average molecular weight is 243 g/mol. The fraction of sp³-hybridized carbons (Fsp3) is 0.300. The molecule has 0 bridgehead atoms. The van der Waals surface area contributed by atoms with Crippen LogP contribution in [0.5, 0.6) is 0 Å². The van der Waals surface area contributed by atoms with Gasteiger partial charge in [-0.05, 0) is 18.1 Å². The van der Waals surface area contributed by atoms with Gasteiger partial charge in [0.15, 0.2) is 0 Å². The molecule has 0 N–H and O–H groups in total. The van der Waals surface area contributed by atoms with Gasteiger partial charge in [0.1, 0.15) is 0 Å². The lowest BCUT2D eigenvalue weighted by Gasteiger charge is -1.99. The quantitative estimate of drug-likeness (QED) is 0.697. The van der Waals surface area contributed by atoms with Gasteiger partial charge >= 0.3 is 5.97 Å². The molecule has 0 spiro atoms. The average Bonchev–Trinajstić information content (AvgIpc) is 2.30. The molecule has 70 valence electrons. The van der Waals surface area contributed by atoms with Crippen LogP contribution in [0.4, 0.5) is 0 Å². The highest BCUT2D eigenvalue weighted by Crippen LogP contribution is 2.18. The second-order valence-corrected chi connectivity index (χ2v) is 3.61. The minimum Gasteiger partial charge on any atom is -0.469 e. The van der Waals surface area contributed by atoms with Crippen LogP contribution in [0.3, 0.4) is 0 Å². The van der Waals surface area contributed by atoms with Crippen molar-refractivity contribution in [2.24, 2.45) is 0 Å². The third kappa shape index (κ3) is 3.59. The fourth-order valence-electron chi connectivity index (χ4n) is 1.03. The number of carbonyl (C=O) groups is 1. The Kier molecular flexibility index (Phi) is 3.96. The highest BCUT2D eigenvalue weighted by molar-refractivity contribution is 9.11. The van der Waals surface area contributed by atoms with Crippen molar-refractivity contribution in [1.29, 1.82) is 0 Å². The van der Waals surface area contributed by atoms with Crippen LogP contribution in [-0.2, 0) is 9.53 Å². The second-order valence-electron chi connectivity index (χ2n) is 2.70. The summed E-state index contributed by atoms with van der Waals surface area (Å²) in [6.07, 6.45) is 9.16. The lowest BCUT2D eigenvalue weighted by Crippen LogP contribution is -2.00. The lowest BCUT2D eigenvalue weighted by molar-refractivity contribution is -0.139. The summed E-state index contributed by atoms with van der Waals surface area (Å²) in [5, 5.41) is 0. The zero-order chi connectivity index (χ0) is 9.68. The Bertz CT molecular complexity index is 287. The summed E-state index contributed by atoms with van der Waals surface area (Å²) in [6, 6.07) is 0. The Morgan fingerprint density at radius 3 is 3.15 bits per heavy atom. The number of esters is 1. The molecule has 0 aliphatic heterocycles. The molecule has 0 aromatic heterocycles. The van der Waals surface area contributed by atoms with Gasteiger partial charge in [0, 0.05) is 4.48 Å². The molecule has 1 aliphatic carbocycles. The molecule has 0 atom stereocenters. The molecule has 0 saturated heterocycles. The topological polar surface area (TPSA) is 26.3 Å². The van der Waals surface area contributed by atoms with Gasteiger partial charge in [0.2, 0.25) is 0 Å². The van der Waals surface area contributed by atoms with Gasteiger partial charge in [-0.25, -0.2) is 0 Å². The van der Waals surface area contributed by atoms with E-state index in [2.05, 4.69) is 20.7 Å². The van der Waals surface area contributed by atoms with Crippen molar-refractivity contribution < 1.29 is 9.53 Å². The summed E-state index contributed by atoms with van der Waals surface area (Å²) in [5.41, 5.74) is 0.965. The Morgan fingerprint density at radius 2 is 2.46 bits per heavy atom. The van der Waals surface area contributed by atoms with Gasteiger partial charge in [-0.1, -0.05) is 34.2 Å². The molecule has 0 heterocycles. The van der Waals surface area contributed by atoms with Gasteiger partial charge < -0.3 is 4.74 Å². The van der Waals surface area contributed by atoms with Crippen molar-refractivity contribution >= 4 is 21.9 Å². The van der Waals surface area contributed by atoms with Crippen LogP contribution in [0, 0.1) is 0 Å². The van der Waals surface area contributed by atoms with Crippen molar-refractivity contribution in [3.8, 4) is 0 Å². The molecule has 13 heavy (non-hydrogen) atoms. The Labute approximate surface area is 86.1 Å². The van der Waals surface area contributed by atoms with Crippen LogP contribution in [0.1, 0.15) is 12.8 Å². The van der Waals surface area contributed by atoms with Gasteiger partial charge in [0.05, 0.1) is 13.5 Å². The number of rotatable bonds is 2. The number of allylic oxidation sites excluding steroid dienone is 5. The van der Waals surface area contributed by atoms with E-state index in [-0.39, 0.29) is 5.97 Å². The van der Waals surface area contributed by atoms with Gasteiger partial charge in [-0.3, -0.25) is 4.79 Å². The maximum absolute atomic E-state index is 11.0. The van der Waals surface area contributed by atoms with Crippen LogP contribution in [0.15, 0.2) is 34.4 Å². The monoisotopic (exact) mass is 242 g/mol. The molecule has 0 aromatic carbocycles. The molecule has 1 rings (SSSR count). The SMILES string of the molecule is COC(=O)CC1=CC(Br)=CCC=C1. The fourth-order valence-corrected chi connectivity index (χ4v) is 1.51. The van der Waals surface area contributed by atoms with Crippen LogP contribution < -0.4 is 0 Å². The zero-order valence-corrected chi connectivity index (χ0v) is 9.00. The van der Waals surface area contributed by atoms with Crippen LogP contribution >= 0.6 is 15.9 Å². The van der Waals surface area contributed by atoms with E-state index in [0.29, 0.717) is 6.42 Å². The molecule has 0 fully saturated rings. The predicted octanol–water partition coefficient (Wildman–Crippen LogP) is 2.71.